The summed E-state index contributed by atoms with van der Waals surface area (Å²) in [5.41, 5.74) is 1.76. The van der Waals surface area contributed by atoms with Gasteiger partial charge in [-0.05, 0) is 44.4 Å². The predicted octanol–water partition coefficient (Wildman–Crippen LogP) is 3.66. The number of aromatic nitrogens is 1. The van der Waals surface area contributed by atoms with Crippen molar-refractivity contribution in [3.63, 3.8) is 0 Å². The molecule has 1 atom stereocenters. The molecule has 1 amide bonds. The quantitative estimate of drug-likeness (QED) is 0.550. The molecule has 2 aromatic rings. The molecule has 0 bridgehead atoms. The second-order valence-corrected chi connectivity index (χ2v) is 7.36. The van der Waals surface area contributed by atoms with Crippen molar-refractivity contribution in [2.75, 3.05) is 7.11 Å². The molecule has 0 saturated heterocycles. The molecule has 0 aromatic carbocycles. The standard InChI is InChI=1S/C21H28N2O5/c1-12(2)10-17(24)23(11-16-8-7-9-28-16)15(5)20(25)18-13(3)19(21(26)27-6)22-14(18)4/h7-9,12,15,22H,10-11H2,1-6H3. The van der Waals surface area contributed by atoms with E-state index in [9.17, 15) is 14.4 Å². The maximum absolute atomic E-state index is 13.3. The molecule has 152 valence electrons. The molecular weight excluding hydrogens is 360 g/mol. The SMILES string of the molecule is COC(=O)c1[nH]c(C)c(C(=O)C(C)N(Cc2ccco2)C(=O)CC(C)C)c1C. The fourth-order valence-corrected chi connectivity index (χ4v) is 3.25. The van der Waals surface area contributed by atoms with Crippen molar-refractivity contribution in [3.05, 3.63) is 46.7 Å². The van der Waals surface area contributed by atoms with Crippen LogP contribution >= 0.6 is 0 Å². The van der Waals surface area contributed by atoms with Gasteiger partial charge in [0.05, 0.1) is 26.0 Å². The van der Waals surface area contributed by atoms with Crippen LogP contribution in [0.2, 0.25) is 0 Å². The van der Waals surface area contributed by atoms with E-state index in [0.717, 1.165) is 0 Å². The van der Waals surface area contributed by atoms with Gasteiger partial charge in [-0.2, -0.15) is 0 Å². The van der Waals surface area contributed by atoms with Gasteiger partial charge in [0.1, 0.15) is 11.5 Å². The molecule has 2 heterocycles. The van der Waals surface area contributed by atoms with E-state index in [4.69, 9.17) is 9.15 Å². The molecule has 2 aromatic heterocycles. The van der Waals surface area contributed by atoms with E-state index in [-0.39, 0.29) is 29.8 Å². The number of ketones is 1. The van der Waals surface area contributed by atoms with E-state index in [1.807, 2.05) is 13.8 Å². The number of nitrogens with one attached hydrogen (secondary N) is 1. The topological polar surface area (TPSA) is 92.6 Å². The van der Waals surface area contributed by atoms with E-state index < -0.39 is 12.0 Å². The number of hydrogen-bond acceptors (Lipinski definition) is 5. The lowest BCUT2D eigenvalue weighted by Gasteiger charge is -2.28. The summed E-state index contributed by atoms with van der Waals surface area (Å²) in [6, 6.07) is 2.81. The Morgan fingerprint density at radius 2 is 1.89 bits per heavy atom. The highest BCUT2D eigenvalue weighted by atomic mass is 16.5. The lowest BCUT2D eigenvalue weighted by molar-refractivity contribution is -0.134. The lowest BCUT2D eigenvalue weighted by atomic mass is 9.99. The van der Waals surface area contributed by atoms with E-state index in [0.29, 0.717) is 29.0 Å². The number of esters is 1. The van der Waals surface area contributed by atoms with Crippen LogP contribution in [0.5, 0.6) is 0 Å². The summed E-state index contributed by atoms with van der Waals surface area (Å²) in [4.78, 5) is 42.5. The molecule has 0 aliphatic carbocycles. The molecule has 0 radical (unpaired) electrons. The number of Topliss-reactive ketones (excluding diaryl/α,β-unsaturated/α-hetero) is 1. The number of carbonyl (C=O) groups is 3. The maximum Gasteiger partial charge on any atom is 0.354 e. The largest absolute Gasteiger partial charge is 0.467 e. The van der Waals surface area contributed by atoms with Crippen LogP contribution in [0.1, 0.15) is 65.1 Å². The van der Waals surface area contributed by atoms with Crippen LogP contribution in [0.4, 0.5) is 0 Å². The van der Waals surface area contributed by atoms with Crippen LogP contribution in [-0.4, -0.2) is 40.7 Å². The smallest absolute Gasteiger partial charge is 0.354 e. The van der Waals surface area contributed by atoms with E-state index in [2.05, 4.69) is 4.98 Å². The van der Waals surface area contributed by atoms with Gasteiger partial charge in [-0.25, -0.2) is 4.79 Å². The summed E-state index contributed by atoms with van der Waals surface area (Å²) in [5.74, 6) is -0.114. The van der Waals surface area contributed by atoms with Crippen molar-refractivity contribution in [1.29, 1.82) is 0 Å². The highest BCUT2D eigenvalue weighted by molar-refractivity contribution is 6.06. The molecule has 7 heteroatoms. The van der Waals surface area contributed by atoms with Gasteiger partial charge >= 0.3 is 5.97 Å². The van der Waals surface area contributed by atoms with Crippen LogP contribution in [0, 0.1) is 19.8 Å². The van der Waals surface area contributed by atoms with Crippen molar-refractivity contribution in [1.82, 2.24) is 9.88 Å². The van der Waals surface area contributed by atoms with Gasteiger partial charge in [0.2, 0.25) is 5.91 Å². The first-order valence-electron chi connectivity index (χ1n) is 9.30. The Hall–Kier alpha value is -2.83. The predicted molar refractivity (Wildman–Crippen MR) is 104 cm³/mol. The Kier molecular flexibility index (Phi) is 6.83. The second kappa shape index (κ2) is 8.91. The first-order valence-corrected chi connectivity index (χ1v) is 9.30. The normalized spacial score (nSPS) is 12.1. The number of furan rings is 1. The summed E-state index contributed by atoms with van der Waals surface area (Å²) >= 11 is 0. The third kappa shape index (κ3) is 4.52. The van der Waals surface area contributed by atoms with Gasteiger partial charge in [-0.15, -0.1) is 0 Å². The number of ether oxygens (including phenoxy) is 1. The average molecular weight is 388 g/mol. The van der Waals surface area contributed by atoms with Crippen LogP contribution in [0.3, 0.4) is 0 Å². The summed E-state index contributed by atoms with van der Waals surface area (Å²) in [5, 5.41) is 0. The zero-order valence-electron chi connectivity index (χ0n) is 17.3. The third-order valence-corrected chi connectivity index (χ3v) is 4.73. The number of aromatic amines is 1. The van der Waals surface area contributed by atoms with E-state index in [1.54, 1.807) is 32.9 Å². The number of hydrogen-bond donors (Lipinski definition) is 1. The molecule has 2 rings (SSSR count). The highest BCUT2D eigenvalue weighted by Crippen LogP contribution is 2.23. The Morgan fingerprint density at radius 1 is 1.21 bits per heavy atom. The fraction of sp³-hybridized carbons (Fsp3) is 0.476. The molecule has 28 heavy (non-hydrogen) atoms. The Bertz CT molecular complexity index is 849. The molecule has 0 spiro atoms. The minimum absolute atomic E-state index is 0.119. The molecule has 0 aliphatic heterocycles. The van der Waals surface area contributed by atoms with Gasteiger partial charge < -0.3 is 19.0 Å². The van der Waals surface area contributed by atoms with Crippen molar-refractivity contribution < 1.29 is 23.5 Å². The van der Waals surface area contributed by atoms with E-state index in [1.165, 1.54) is 18.3 Å². The Labute approximate surface area is 165 Å². The lowest BCUT2D eigenvalue weighted by Crippen LogP contribution is -2.43. The van der Waals surface area contributed by atoms with Gasteiger partial charge in [0.25, 0.3) is 0 Å². The van der Waals surface area contributed by atoms with Gasteiger partial charge in [-0.3, -0.25) is 9.59 Å². The van der Waals surface area contributed by atoms with Gasteiger partial charge in [-0.1, -0.05) is 13.8 Å². The molecule has 1 N–H and O–H groups in total. The number of nitrogens with zero attached hydrogens (tertiary/aromatic N) is 1. The van der Waals surface area contributed by atoms with Crippen molar-refractivity contribution >= 4 is 17.7 Å². The molecule has 0 fully saturated rings. The molecular formula is C21H28N2O5. The minimum Gasteiger partial charge on any atom is -0.467 e. The van der Waals surface area contributed by atoms with Crippen LogP contribution in [0.25, 0.3) is 0 Å². The first-order chi connectivity index (χ1) is 13.2. The number of amides is 1. The average Bonchev–Trinajstić information content (AvgIpc) is 3.25. The van der Waals surface area contributed by atoms with Crippen molar-refractivity contribution in [2.24, 2.45) is 5.92 Å². The molecule has 1 unspecified atom stereocenters. The third-order valence-electron chi connectivity index (χ3n) is 4.73. The van der Waals surface area contributed by atoms with Crippen LogP contribution < -0.4 is 0 Å². The number of methoxy groups -OCH3 is 1. The fourth-order valence-electron chi connectivity index (χ4n) is 3.25. The molecule has 7 nitrogen and oxygen atoms in total. The molecule has 0 aliphatic rings. The monoisotopic (exact) mass is 388 g/mol. The Balaban J connectivity index is 2.36. The van der Waals surface area contributed by atoms with Crippen molar-refractivity contribution in [2.45, 2.75) is 53.6 Å². The van der Waals surface area contributed by atoms with Crippen molar-refractivity contribution in [3.8, 4) is 0 Å². The van der Waals surface area contributed by atoms with E-state index >= 15 is 0 Å². The van der Waals surface area contributed by atoms with Crippen LogP contribution in [0.15, 0.2) is 22.8 Å². The minimum atomic E-state index is -0.713. The number of aryl methyl sites for hydroxylation is 1. The Morgan fingerprint density at radius 3 is 2.43 bits per heavy atom. The number of rotatable bonds is 8. The highest BCUT2D eigenvalue weighted by Gasteiger charge is 2.31. The van der Waals surface area contributed by atoms with Gasteiger partial charge in [0.15, 0.2) is 5.78 Å². The second-order valence-electron chi connectivity index (χ2n) is 7.36. The molecule has 0 saturated carbocycles. The number of H-pyrrole nitrogens is 1. The maximum atomic E-state index is 13.3. The first kappa shape index (κ1) is 21.5. The summed E-state index contributed by atoms with van der Waals surface area (Å²) in [6.45, 7) is 9.25. The zero-order chi connectivity index (χ0) is 21.0. The van der Waals surface area contributed by atoms with Crippen LogP contribution in [-0.2, 0) is 16.1 Å². The number of carbonyl (C=O) groups excluding carboxylic acids is 3. The summed E-state index contributed by atoms with van der Waals surface area (Å²) in [7, 11) is 1.29. The zero-order valence-corrected chi connectivity index (χ0v) is 17.3. The van der Waals surface area contributed by atoms with Gasteiger partial charge in [0, 0.05) is 17.7 Å². The summed E-state index contributed by atoms with van der Waals surface area (Å²) < 4.78 is 10.1. The summed E-state index contributed by atoms with van der Waals surface area (Å²) in [6.07, 6.45) is 1.87.